The Morgan fingerprint density at radius 2 is 1.94 bits per heavy atom. The van der Waals surface area contributed by atoms with Gasteiger partial charge in [-0.3, -0.25) is 14.3 Å². The highest BCUT2D eigenvalue weighted by Gasteiger charge is 2.34. The van der Waals surface area contributed by atoms with Gasteiger partial charge in [-0.1, -0.05) is 18.2 Å². The third kappa shape index (κ3) is 4.69. The molecule has 7 nitrogen and oxygen atoms in total. The molecule has 8 heteroatoms. The summed E-state index contributed by atoms with van der Waals surface area (Å²) < 4.78 is 21.4. The Morgan fingerprint density at radius 3 is 2.55 bits per heavy atom. The van der Waals surface area contributed by atoms with E-state index in [1.165, 1.54) is 12.3 Å². The molecule has 174 valence electrons. The zero-order valence-electron chi connectivity index (χ0n) is 19.2. The second kappa shape index (κ2) is 9.60. The van der Waals surface area contributed by atoms with Gasteiger partial charge in [-0.15, -0.1) is 0 Å². The van der Waals surface area contributed by atoms with Crippen LogP contribution in [0.5, 0.6) is 0 Å². The van der Waals surface area contributed by atoms with E-state index in [0.29, 0.717) is 42.1 Å². The summed E-state index contributed by atoms with van der Waals surface area (Å²) in [7, 11) is 3.52. The minimum Gasteiger partial charge on any atom is -0.469 e. The molecule has 33 heavy (non-hydrogen) atoms. The fourth-order valence-electron chi connectivity index (χ4n) is 4.69. The number of furan rings is 1. The number of hydrogen-bond donors (Lipinski definition) is 0. The standard InChI is InChI=1S/C25H29FN4O3/c1-17-20(11-15-33-17)24(31)28(2)23(16-19-6-4-5-7-21(19)26)18-9-13-30(14-10-18)25(32)22-8-12-27-29(22)3/h4-8,11-12,15,18,23H,9-10,13-14,16H2,1-3H3/t23-/m1/s1. The summed E-state index contributed by atoms with van der Waals surface area (Å²) in [6.45, 7) is 2.92. The van der Waals surface area contributed by atoms with Crippen molar-refractivity contribution >= 4 is 11.8 Å². The van der Waals surface area contributed by atoms with Gasteiger partial charge in [0.1, 0.15) is 17.3 Å². The van der Waals surface area contributed by atoms with E-state index in [1.807, 2.05) is 11.0 Å². The summed E-state index contributed by atoms with van der Waals surface area (Å²) >= 11 is 0. The highest BCUT2D eigenvalue weighted by Crippen LogP contribution is 2.29. The molecular weight excluding hydrogens is 423 g/mol. The largest absolute Gasteiger partial charge is 0.469 e. The first-order chi connectivity index (χ1) is 15.9. The molecular formula is C25H29FN4O3. The van der Waals surface area contributed by atoms with Gasteiger partial charge in [-0.2, -0.15) is 5.10 Å². The molecule has 4 rings (SSSR count). The van der Waals surface area contributed by atoms with Crippen LogP contribution in [0.25, 0.3) is 0 Å². The molecule has 0 unspecified atom stereocenters. The van der Waals surface area contributed by atoms with Crippen LogP contribution in [-0.4, -0.2) is 57.6 Å². The molecule has 1 atom stereocenters. The Bertz CT molecular complexity index is 1130. The first-order valence-corrected chi connectivity index (χ1v) is 11.2. The number of halogens is 1. The highest BCUT2D eigenvalue weighted by atomic mass is 19.1. The second-order valence-corrected chi connectivity index (χ2v) is 8.64. The molecule has 0 radical (unpaired) electrons. The van der Waals surface area contributed by atoms with Gasteiger partial charge in [0.05, 0.1) is 11.8 Å². The molecule has 0 saturated carbocycles. The van der Waals surface area contributed by atoms with Gasteiger partial charge >= 0.3 is 0 Å². The number of likely N-dealkylation sites (tertiary alicyclic amines) is 1. The molecule has 1 aliphatic rings. The first-order valence-electron chi connectivity index (χ1n) is 11.2. The van der Waals surface area contributed by atoms with Crippen LogP contribution in [0.15, 0.2) is 53.3 Å². The molecule has 2 amide bonds. The number of likely N-dealkylation sites (N-methyl/N-ethyl adjacent to an activating group) is 1. The van der Waals surface area contributed by atoms with E-state index in [-0.39, 0.29) is 29.6 Å². The number of hydrogen-bond acceptors (Lipinski definition) is 4. The molecule has 0 bridgehead atoms. The highest BCUT2D eigenvalue weighted by molar-refractivity contribution is 5.95. The Balaban J connectivity index is 1.53. The molecule has 3 heterocycles. The van der Waals surface area contributed by atoms with E-state index in [1.54, 1.807) is 61.1 Å². The predicted molar refractivity (Wildman–Crippen MR) is 121 cm³/mol. The fourth-order valence-corrected chi connectivity index (χ4v) is 4.69. The van der Waals surface area contributed by atoms with Crippen LogP contribution < -0.4 is 0 Å². The number of nitrogens with zero attached hydrogens (tertiary/aromatic N) is 4. The Hall–Kier alpha value is -3.42. The van der Waals surface area contributed by atoms with E-state index in [4.69, 9.17) is 4.42 Å². The van der Waals surface area contributed by atoms with Crippen molar-refractivity contribution in [3.05, 3.63) is 77.3 Å². The number of carbonyl (C=O) groups excluding carboxylic acids is 2. The number of aromatic nitrogens is 2. The molecule has 0 spiro atoms. The number of carbonyl (C=O) groups is 2. The average molecular weight is 453 g/mol. The van der Waals surface area contributed by atoms with E-state index >= 15 is 0 Å². The number of benzene rings is 1. The van der Waals surface area contributed by atoms with Gasteiger partial charge in [0.15, 0.2) is 0 Å². The van der Waals surface area contributed by atoms with Crippen LogP contribution in [0.1, 0.15) is 45.0 Å². The summed E-state index contributed by atoms with van der Waals surface area (Å²) in [4.78, 5) is 29.7. The average Bonchev–Trinajstić information content (AvgIpc) is 3.45. The van der Waals surface area contributed by atoms with Gasteiger partial charge in [0.2, 0.25) is 0 Å². The minimum atomic E-state index is -0.272. The third-order valence-electron chi connectivity index (χ3n) is 6.70. The van der Waals surface area contributed by atoms with E-state index in [2.05, 4.69) is 5.10 Å². The maximum absolute atomic E-state index is 14.5. The molecule has 1 aromatic carbocycles. The van der Waals surface area contributed by atoms with Gasteiger partial charge in [0, 0.05) is 39.4 Å². The lowest BCUT2D eigenvalue weighted by Crippen LogP contribution is -2.48. The fraction of sp³-hybridized carbons (Fsp3) is 0.400. The van der Waals surface area contributed by atoms with Crippen molar-refractivity contribution in [3.8, 4) is 0 Å². The smallest absolute Gasteiger partial charge is 0.272 e. The van der Waals surface area contributed by atoms with Gasteiger partial charge in [-0.25, -0.2) is 4.39 Å². The van der Waals surface area contributed by atoms with E-state index in [9.17, 15) is 14.0 Å². The van der Waals surface area contributed by atoms with Crippen LogP contribution in [0, 0.1) is 18.7 Å². The Labute approximate surface area is 192 Å². The van der Waals surface area contributed by atoms with Gasteiger partial charge in [-0.05, 0) is 55.9 Å². The normalized spacial score (nSPS) is 15.5. The number of piperidine rings is 1. The van der Waals surface area contributed by atoms with Crippen molar-refractivity contribution in [2.75, 3.05) is 20.1 Å². The number of amides is 2. The zero-order chi connectivity index (χ0) is 23.5. The zero-order valence-corrected chi connectivity index (χ0v) is 19.2. The van der Waals surface area contributed by atoms with Gasteiger partial charge < -0.3 is 14.2 Å². The predicted octanol–water partition coefficient (Wildman–Crippen LogP) is 3.70. The summed E-state index contributed by atoms with van der Waals surface area (Å²) in [6, 6.07) is 9.87. The van der Waals surface area contributed by atoms with Crippen molar-refractivity contribution in [1.82, 2.24) is 19.6 Å². The Kier molecular flexibility index (Phi) is 6.62. The molecule has 0 N–H and O–H groups in total. The lowest BCUT2D eigenvalue weighted by Gasteiger charge is -2.40. The molecule has 0 aliphatic carbocycles. The topological polar surface area (TPSA) is 71.6 Å². The molecule has 1 saturated heterocycles. The number of rotatable bonds is 6. The Morgan fingerprint density at radius 1 is 1.21 bits per heavy atom. The van der Waals surface area contributed by atoms with Crippen molar-refractivity contribution in [2.24, 2.45) is 13.0 Å². The maximum atomic E-state index is 14.5. The van der Waals surface area contributed by atoms with Crippen LogP contribution >= 0.6 is 0 Å². The van der Waals surface area contributed by atoms with Crippen molar-refractivity contribution in [2.45, 2.75) is 32.2 Å². The van der Waals surface area contributed by atoms with Gasteiger partial charge in [0.25, 0.3) is 11.8 Å². The van der Waals surface area contributed by atoms with Crippen LogP contribution in [0.4, 0.5) is 4.39 Å². The van der Waals surface area contributed by atoms with Crippen LogP contribution in [-0.2, 0) is 13.5 Å². The van der Waals surface area contributed by atoms with Crippen molar-refractivity contribution in [1.29, 1.82) is 0 Å². The molecule has 1 aliphatic heterocycles. The van der Waals surface area contributed by atoms with E-state index < -0.39 is 0 Å². The lowest BCUT2D eigenvalue weighted by atomic mass is 9.84. The molecule has 3 aromatic rings. The van der Waals surface area contributed by atoms with E-state index in [0.717, 1.165) is 12.8 Å². The SMILES string of the molecule is Cc1occc1C(=O)N(C)[C@H](Cc1ccccc1F)C1CCN(C(=O)c2ccnn2C)CC1. The third-order valence-corrected chi connectivity index (χ3v) is 6.70. The first kappa shape index (κ1) is 22.8. The summed E-state index contributed by atoms with van der Waals surface area (Å²) in [5, 5.41) is 4.09. The summed E-state index contributed by atoms with van der Waals surface area (Å²) in [5.74, 6) is 0.231. The molecule has 2 aromatic heterocycles. The second-order valence-electron chi connectivity index (χ2n) is 8.64. The monoisotopic (exact) mass is 452 g/mol. The van der Waals surface area contributed by atoms with Crippen LogP contribution in [0.3, 0.4) is 0 Å². The number of aryl methyl sites for hydroxylation is 2. The molecule has 1 fully saturated rings. The maximum Gasteiger partial charge on any atom is 0.272 e. The minimum absolute atomic E-state index is 0.0439. The van der Waals surface area contributed by atoms with Crippen molar-refractivity contribution < 1.29 is 18.4 Å². The summed E-state index contributed by atoms with van der Waals surface area (Å²) in [5.41, 5.74) is 1.65. The lowest BCUT2D eigenvalue weighted by molar-refractivity contribution is 0.0515. The van der Waals surface area contributed by atoms with Crippen molar-refractivity contribution in [3.63, 3.8) is 0 Å². The quantitative estimate of drug-likeness (QED) is 0.572. The summed E-state index contributed by atoms with van der Waals surface area (Å²) in [6.07, 6.45) is 4.98. The van der Waals surface area contributed by atoms with Crippen LogP contribution in [0.2, 0.25) is 0 Å².